The van der Waals surface area contributed by atoms with Crippen LogP contribution in [0.5, 0.6) is 0 Å². The number of carbonyl (C=O) groups is 2. The van der Waals surface area contributed by atoms with Gasteiger partial charge in [-0.2, -0.15) is 12.6 Å². The maximum atomic E-state index is 13.9. The molecule has 3 rings (SSSR count). The van der Waals surface area contributed by atoms with Crippen molar-refractivity contribution in [2.24, 2.45) is 5.92 Å². The first-order valence-corrected chi connectivity index (χ1v) is 14.4. The van der Waals surface area contributed by atoms with E-state index in [4.69, 9.17) is 11.6 Å². The third kappa shape index (κ3) is 8.04. The van der Waals surface area contributed by atoms with E-state index < -0.39 is 21.8 Å². The molecule has 0 spiro atoms. The smallest absolute Gasteiger partial charge is 0.264 e. The van der Waals surface area contributed by atoms with E-state index >= 15 is 0 Å². The Hall–Kier alpha value is -2.92. The fraction of sp³-hybridized carbons (Fsp3) is 0.259. The van der Waals surface area contributed by atoms with Crippen molar-refractivity contribution >= 4 is 46.1 Å². The van der Waals surface area contributed by atoms with Crippen LogP contribution in [-0.2, 0) is 32.6 Å². The molecule has 0 aliphatic heterocycles. The zero-order valence-electron chi connectivity index (χ0n) is 20.7. The van der Waals surface area contributed by atoms with Crippen LogP contribution >= 0.6 is 24.2 Å². The molecule has 0 bridgehead atoms. The highest BCUT2D eigenvalue weighted by molar-refractivity contribution is 7.90. The predicted molar refractivity (Wildman–Crippen MR) is 150 cm³/mol. The number of rotatable bonds is 12. The minimum atomic E-state index is -4.05. The Morgan fingerprint density at radius 3 is 2.39 bits per heavy atom. The molecule has 7 nitrogen and oxygen atoms in total. The number of carbonyl (C=O) groups excluding carboxylic acids is 2. The summed E-state index contributed by atoms with van der Waals surface area (Å²) in [4.78, 5) is 23.8. The van der Waals surface area contributed by atoms with Crippen LogP contribution in [0, 0.1) is 11.7 Å². The molecule has 3 aromatic rings. The van der Waals surface area contributed by atoms with E-state index in [1.165, 1.54) is 12.1 Å². The Kier molecular flexibility index (Phi) is 10.7. The number of nitrogens with one attached hydrogen (secondary N) is 3. The molecule has 0 radical (unpaired) electrons. The molecule has 2 amide bonds. The minimum Gasteiger partial charge on any atom is -0.355 e. The van der Waals surface area contributed by atoms with Crippen molar-refractivity contribution in [2.45, 2.75) is 24.8 Å². The van der Waals surface area contributed by atoms with E-state index in [0.717, 1.165) is 12.5 Å². The van der Waals surface area contributed by atoms with Gasteiger partial charge in [0.2, 0.25) is 11.8 Å². The van der Waals surface area contributed by atoms with Crippen molar-refractivity contribution in [1.29, 1.82) is 0 Å². The van der Waals surface area contributed by atoms with Gasteiger partial charge in [-0.25, -0.2) is 17.5 Å². The molecule has 3 aromatic carbocycles. The summed E-state index contributed by atoms with van der Waals surface area (Å²) >= 11 is 10.7. The Bertz CT molecular complexity index is 1400. The summed E-state index contributed by atoms with van der Waals surface area (Å²) in [5.74, 6) is -1.36. The van der Waals surface area contributed by atoms with Gasteiger partial charge in [-0.05, 0) is 35.7 Å². The van der Waals surface area contributed by atoms with Crippen molar-refractivity contribution in [3.63, 3.8) is 0 Å². The lowest BCUT2D eigenvalue weighted by Gasteiger charge is -2.15. The van der Waals surface area contributed by atoms with Gasteiger partial charge in [-0.3, -0.25) is 9.59 Å². The van der Waals surface area contributed by atoms with E-state index in [0.29, 0.717) is 47.1 Å². The van der Waals surface area contributed by atoms with E-state index in [1.807, 2.05) is 10.8 Å². The van der Waals surface area contributed by atoms with Crippen molar-refractivity contribution in [3.8, 4) is 11.1 Å². The summed E-state index contributed by atoms with van der Waals surface area (Å²) in [6, 6.07) is 18.0. The number of thiol groups is 1. The standard InChI is InChI=1S/C27H29ClFN3O4S2/c1-18(33)32-38(35,36)26-9-5-3-7-23(26)22-11-10-19(14-24(22)28)16-30-12-13-31-27(34)21(17-37)15-20-6-2-4-8-25(20)29/h2-11,14,21,30,37H,12-13,15-17H2,1H3,(H,31,34)(H,32,33)/t21-/m1/s1. The first-order valence-electron chi connectivity index (χ1n) is 11.9. The molecule has 11 heteroatoms. The number of halogens is 2. The maximum Gasteiger partial charge on any atom is 0.264 e. The van der Waals surface area contributed by atoms with Crippen LogP contribution in [-0.4, -0.2) is 39.1 Å². The predicted octanol–water partition coefficient (Wildman–Crippen LogP) is 3.97. The van der Waals surface area contributed by atoms with E-state index in [-0.39, 0.29) is 23.0 Å². The minimum absolute atomic E-state index is 0.0479. The SMILES string of the molecule is CC(=O)NS(=O)(=O)c1ccccc1-c1ccc(CNCCNC(=O)[C@@H](CS)Cc2ccccc2F)cc1Cl. The number of hydrogen-bond acceptors (Lipinski definition) is 6. The molecule has 0 aliphatic rings. The summed E-state index contributed by atoms with van der Waals surface area (Å²) in [6.45, 7) is 2.46. The second kappa shape index (κ2) is 13.7. The van der Waals surface area contributed by atoms with Crippen LogP contribution in [0.4, 0.5) is 4.39 Å². The molecule has 3 N–H and O–H groups in total. The summed E-state index contributed by atoms with van der Waals surface area (Å²) in [6.07, 6.45) is 0.273. The maximum absolute atomic E-state index is 13.9. The molecule has 0 fully saturated rings. The van der Waals surface area contributed by atoms with Crippen LogP contribution in [0.1, 0.15) is 18.1 Å². The highest BCUT2D eigenvalue weighted by Gasteiger charge is 2.21. The van der Waals surface area contributed by atoms with Crippen LogP contribution in [0.3, 0.4) is 0 Å². The van der Waals surface area contributed by atoms with Gasteiger partial charge in [0, 0.05) is 48.5 Å². The van der Waals surface area contributed by atoms with E-state index in [1.54, 1.807) is 48.5 Å². The Balaban J connectivity index is 1.55. The quantitative estimate of drug-likeness (QED) is 0.193. The summed E-state index contributed by atoms with van der Waals surface area (Å²) in [5, 5.41) is 6.42. The Labute approximate surface area is 232 Å². The molecule has 202 valence electrons. The third-order valence-corrected chi connectivity index (χ3v) is 7.97. The highest BCUT2D eigenvalue weighted by atomic mass is 35.5. The summed E-state index contributed by atoms with van der Waals surface area (Å²) in [5.41, 5.74) is 2.23. The second-order valence-corrected chi connectivity index (χ2v) is 11.0. The fourth-order valence-electron chi connectivity index (χ4n) is 3.88. The summed E-state index contributed by atoms with van der Waals surface area (Å²) in [7, 11) is -4.05. The zero-order valence-corrected chi connectivity index (χ0v) is 23.2. The first kappa shape index (κ1) is 29.6. The first-order chi connectivity index (χ1) is 18.1. The third-order valence-electron chi connectivity index (χ3n) is 5.72. The number of sulfonamides is 1. The van der Waals surface area contributed by atoms with Crippen molar-refractivity contribution in [2.75, 3.05) is 18.8 Å². The summed E-state index contributed by atoms with van der Waals surface area (Å²) < 4.78 is 41.1. The van der Waals surface area contributed by atoms with Gasteiger partial charge < -0.3 is 10.6 Å². The van der Waals surface area contributed by atoms with Crippen LogP contribution in [0.15, 0.2) is 71.6 Å². The molecule has 0 unspecified atom stereocenters. The second-order valence-electron chi connectivity index (χ2n) is 8.61. The van der Waals surface area contributed by atoms with Crippen molar-refractivity contribution in [3.05, 3.63) is 88.7 Å². The molecular formula is C27H29ClFN3O4S2. The van der Waals surface area contributed by atoms with Gasteiger partial charge in [0.1, 0.15) is 5.82 Å². The van der Waals surface area contributed by atoms with Gasteiger partial charge in [-0.1, -0.05) is 60.1 Å². The molecule has 0 saturated carbocycles. The van der Waals surface area contributed by atoms with Crippen LogP contribution in [0.2, 0.25) is 5.02 Å². The monoisotopic (exact) mass is 577 g/mol. The average molecular weight is 578 g/mol. The van der Waals surface area contributed by atoms with Gasteiger partial charge in [-0.15, -0.1) is 0 Å². The van der Waals surface area contributed by atoms with Gasteiger partial charge in [0.15, 0.2) is 0 Å². The topological polar surface area (TPSA) is 104 Å². The molecule has 0 aromatic heterocycles. The van der Waals surface area contributed by atoms with E-state index in [9.17, 15) is 22.4 Å². The lowest BCUT2D eigenvalue weighted by Crippen LogP contribution is -2.37. The van der Waals surface area contributed by atoms with Crippen LogP contribution in [0.25, 0.3) is 11.1 Å². The molecule has 38 heavy (non-hydrogen) atoms. The number of hydrogen-bond donors (Lipinski definition) is 4. The molecule has 0 saturated heterocycles. The van der Waals surface area contributed by atoms with Gasteiger partial charge >= 0.3 is 0 Å². The van der Waals surface area contributed by atoms with Crippen molar-refractivity contribution < 1.29 is 22.4 Å². The fourth-order valence-corrected chi connectivity index (χ4v) is 5.69. The highest BCUT2D eigenvalue weighted by Crippen LogP contribution is 2.33. The normalized spacial score (nSPS) is 12.1. The lowest BCUT2D eigenvalue weighted by molar-refractivity contribution is -0.124. The lowest BCUT2D eigenvalue weighted by atomic mass is 10.00. The van der Waals surface area contributed by atoms with E-state index in [2.05, 4.69) is 23.3 Å². The number of benzene rings is 3. The zero-order chi connectivity index (χ0) is 27.7. The van der Waals surface area contributed by atoms with Crippen molar-refractivity contribution in [1.82, 2.24) is 15.4 Å². The molecule has 0 heterocycles. The van der Waals surface area contributed by atoms with Crippen LogP contribution < -0.4 is 15.4 Å². The number of amides is 2. The average Bonchev–Trinajstić information content (AvgIpc) is 2.87. The van der Waals surface area contributed by atoms with Gasteiger partial charge in [0.25, 0.3) is 10.0 Å². The molecule has 1 atom stereocenters. The molecule has 0 aliphatic carbocycles. The molecular weight excluding hydrogens is 549 g/mol. The largest absolute Gasteiger partial charge is 0.355 e. The van der Waals surface area contributed by atoms with Gasteiger partial charge in [0.05, 0.1) is 10.8 Å². The Morgan fingerprint density at radius 1 is 1.00 bits per heavy atom. The Morgan fingerprint density at radius 2 is 1.71 bits per heavy atom.